The Morgan fingerprint density at radius 1 is 1.17 bits per heavy atom. The lowest BCUT2D eigenvalue weighted by Crippen LogP contribution is -2.37. The van der Waals surface area contributed by atoms with Crippen LogP contribution in [0.3, 0.4) is 0 Å². The van der Waals surface area contributed by atoms with Gasteiger partial charge < -0.3 is 10.2 Å². The van der Waals surface area contributed by atoms with Crippen LogP contribution in [0.5, 0.6) is 0 Å². The van der Waals surface area contributed by atoms with Crippen molar-refractivity contribution in [2.24, 2.45) is 5.92 Å². The minimum atomic E-state index is -0.483. The van der Waals surface area contributed by atoms with E-state index in [4.69, 9.17) is 0 Å². The Bertz CT molecular complexity index is 1010. The Kier molecular flexibility index (Phi) is 5.38. The predicted molar refractivity (Wildman–Crippen MR) is 111 cm³/mol. The Labute approximate surface area is 177 Å². The molecule has 1 N–H and O–H groups in total. The third-order valence-corrected chi connectivity index (χ3v) is 6.09. The van der Waals surface area contributed by atoms with Crippen molar-refractivity contribution in [2.75, 3.05) is 18.4 Å². The highest BCUT2D eigenvalue weighted by Crippen LogP contribution is 2.29. The summed E-state index contributed by atoms with van der Waals surface area (Å²) in [6, 6.07) is 6.52. The van der Waals surface area contributed by atoms with E-state index in [0.29, 0.717) is 48.1 Å². The largest absolute Gasteiger partial charge is 0.337 e. The van der Waals surface area contributed by atoms with Crippen LogP contribution in [-0.4, -0.2) is 51.5 Å². The topological polar surface area (TPSA) is 99.7 Å². The first kappa shape index (κ1) is 20.2. The van der Waals surface area contributed by atoms with E-state index < -0.39 is 17.7 Å². The van der Waals surface area contributed by atoms with Crippen molar-refractivity contribution in [3.05, 3.63) is 46.0 Å². The Hall–Kier alpha value is -3.07. The summed E-state index contributed by atoms with van der Waals surface area (Å²) in [5.41, 5.74) is 1.50. The number of carbonyl (C=O) groups excluding carboxylic acids is 4. The number of anilines is 1. The van der Waals surface area contributed by atoms with E-state index in [0.717, 1.165) is 15.5 Å². The lowest BCUT2D eigenvalue weighted by atomic mass is 10.1. The molecule has 156 valence electrons. The highest BCUT2D eigenvalue weighted by atomic mass is 32.1. The maximum Gasteiger partial charge on any atom is 0.262 e. The lowest BCUT2D eigenvalue weighted by Gasteiger charge is -2.26. The fraction of sp³-hybridized carbons (Fsp3) is 0.381. The number of fused-ring (bicyclic) bond motifs is 2. The van der Waals surface area contributed by atoms with Gasteiger partial charge in [-0.25, -0.2) is 4.98 Å². The van der Waals surface area contributed by atoms with Gasteiger partial charge in [0.05, 0.1) is 23.4 Å². The number of hydrogen-bond donors (Lipinski definition) is 1. The van der Waals surface area contributed by atoms with Gasteiger partial charge in [0.25, 0.3) is 11.8 Å². The average molecular weight is 426 g/mol. The first-order valence-electron chi connectivity index (χ1n) is 9.85. The molecule has 1 aromatic heterocycles. The quantitative estimate of drug-likeness (QED) is 0.740. The Morgan fingerprint density at radius 2 is 1.83 bits per heavy atom. The van der Waals surface area contributed by atoms with Gasteiger partial charge in [0.2, 0.25) is 11.8 Å². The van der Waals surface area contributed by atoms with E-state index in [2.05, 4.69) is 10.3 Å². The number of rotatable bonds is 5. The lowest BCUT2D eigenvalue weighted by molar-refractivity contribution is -0.132. The van der Waals surface area contributed by atoms with Crippen LogP contribution in [0.4, 0.5) is 5.13 Å². The molecule has 0 bridgehead atoms. The predicted octanol–water partition coefficient (Wildman–Crippen LogP) is 2.31. The molecule has 4 rings (SSSR count). The molecule has 0 saturated heterocycles. The molecule has 4 amide bonds. The van der Waals surface area contributed by atoms with Gasteiger partial charge in [-0.05, 0) is 18.1 Å². The second kappa shape index (κ2) is 7.98. The number of aromatic nitrogens is 1. The molecule has 9 heteroatoms. The summed E-state index contributed by atoms with van der Waals surface area (Å²) in [6.45, 7) is 4.77. The number of thiazole rings is 1. The molecule has 1 aromatic carbocycles. The number of carbonyl (C=O) groups is 4. The second-order valence-electron chi connectivity index (χ2n) is 7.84. The average Bonchev–Trinajstić information content (AvgIpc) is 3.21. The van der Waals surface area contributed by atoms with Gasteiger partial charge in [0.1, 0.15) is 6.54 Å². The zero-order valence-corrected chi connectivity index (χ0v) is 17.6. The van der Waals surface area contributed by atoms with Crippen LogP contribution < -0.4 is 5.32 Å². The highest BCUT2D eigenvalue weighted by Gasteiger charge is 2.36. The molecule has 8 nitrogen and oxygen atoms in total. The Balaban J connectivity index is 1.39. The number of nitrogens with one attached hydrogen (secondary N) is 1. The third kappa shape index (κ3) is 3.85. The van der Waals surface area contributed by atoms with Gasteiger partial charge in [0, 0.05) is 24.3 Å². The molecule has 0 unspecified atom stereocenters. The van der Waals surface area contributed by atoms with E-state index in [1.165, 1.54) is 11.3 Å². The monoisotopic (exact) mass is 426 g/mol. The number of amides is 4. The molecule has 0 spiro atoms. The highest BCUT2D eigenvalue weighted by molar-refractivity contribution is 7.15. The van der Waals surface area contributed by atoms with Crippen molar-refractivity contribution >= 4 is 40.1 Å². The van der Waals surface area contributed by atoms with Gasteiger partial charge >= 0.3 is 0 Å². The zero-order chi connectivity index (χ0) is 21.4. The smallest absolute Gasteiger partial charge is 0.262 e. The Morgan fingerprint density at radius 3 is 2.47 bits per heavy atom. The van der Waals surface area contributed by atoms with Crippen LogP contribution in [0.2, 0.25) is 0 Å². The maximum atomic E-state index is 12.5. The summed E-state index contributed by atoms with van der Waals surface area (Å²) in [4.78, 5) is 57.8. The summed E-state index contributed by atoms with van der Waals surface area (Å²) >= 11 is 1.33. The van der Waals surface area contributed by atoms with Gasteiger partial charge in [-0.2, -0.15) is 0 Å². The third-order valence-electron chi connectivity index (χ3n) is 5.09. The van der Waals surface area contributed by atoms with Crippen LogP contribution in [-0.2, 0) is 22.6 Å². The SMILES string of the molecule is CC(C)CC(=O)N1CCc2nc(NC(=O)CN3C(=O)c4ccccc4C3=O)sc2C1. The van der Waals surface area contributed by atoms with Crippen LogP contribution in [0.1, 0.15) is 51.6 Å². The maximum absolute atomic E-state index is 12.5. The molecule has 0 radical (unpaired) electrons. The van der Waals surface area contributed by atoms with Crippen LogP contribution in [0.15, 0.2) is 24.3 Å². The van der Waals surface area contributed by atoms with Crippen LogP contribution in [0, 0.1) is 5.92 Å². The molecule has 2 aromatic rings. The van der Waals surface area contributed by atoms with Gasteiger partial charge in [-0.15, -0.1) is 0 Å². The van der Waals surface area contributed by atoms with Gasteiger partial charge in [-0.3, -0.25) is 24.1 Å². The first-order valence-corrected chi connectivity index (χ1v) is 10.7. The molecule has 3 heterocycles. The molecule has 0 atom stereocenters. The molecule has 30 heavy (non-hydrogen) atoms. The van der Waals surface area contributed by atoms with Gasteiger partial charge in [-0.1, -0.05) is 37.3 Å². The van der Waals surface area contributed by atoms with Crippen molar-refractivity contribution in [1.29, 1.82) is 0 Å². The summed E-state index contributed by atoms with van der Waals surface area (Å²) in [6.07, 6.45) is 1.15. The van der Waals surface area contributed by atoms with Crippen molar-refractivity contribution in [3.8, 4) is 0 Å². The zero-order valence-electron chi connectivity index (χ0n) is 16.8. The van der Waals surface area contributed by atoms with E-state index in [-0.39, 0.29) is 12.5 Å². The number of hydrogen-bond acceptors (Lipinski definition) is 6. The molecular weight excluding hydrogens is 404 g/mol. The van der Waals surface area contributed by atoms with Gasteiger partial charge in [0.15, 0.2) is 5.13 Å². The summed E-state index contributed by atoms with van der Waals surface area (Å²) in [5, 5.41) is 3.11. The molecule has 0 aliphatic carbocycles. The molecule has 2 aliphatic heterocycles. The van der Waals surface area contributed by atoms with E-state index >= 15 is 0 Å². The standard InChI is InChI=1S/C21H22N4O4S/c1-12(2)9-18(27)24-8-7-15-16(10-24)30-21(22-15)23-17(26)11-25-19(28)13-5-3-4-6-14(13)20(25)29/h3-6,12H,7-11H2,1-2H3,(H,22,23,26). The molecule has 0 saturated carbocycles. The van der Waals surface area contributed by atoms with Crippen molar-refractivity contribution in [1.82, 2.24) is 14.8 Å². The van der Waals surface area contributed by atoms with Crippen molar-refractivity contribution in [3.63, 3.8) is 0 Å². The summed E-state index contributed by atoms with van der Waals surface area (Å²) in [5.74, 6) is -0.993. The van der Waals surface area contributed by atoms with Crippen molar-refractivity contribution in [2.45, 2.75) is 33.2 Å². The molecule has 0 fully saturated rings. The van der Waals surface area contributed by atoms with E-state index in [9.17, 15) is 19.2 Å². The molecule has 2 aliphatic rings. The normalized spacial score (nSPS) is 15.4. The number of benzene rings is 1. The van der Waals surface area contributed by atoms with Crippen LogP contribution >= 0.6 is 11.3 Å². The van der Waals surface area contributed by atoms with Crippen LogP contribution in [0.25, 0.3) is 0 Å². The molecular formula is C21H22N4O4S. The summed E-state index contributed by atoms with van der Waals surface area (Å²) < 4.78 is 0. The van der Waals surface area contributed by atoms with E-state index in [1.807, 2.05) is 18.7 Å². The minimum absolute atomic E-state index is 0.125. The fourth-order valence-electron chi connectivity index (χ4n) is 3.63. The minimum Gasteiger partial charge on any atom is -0.337 e. The number of nitrogens with zero attached hydrogens (tertiary/aromatic N) is 3. The van der Waals surface area contributed by atoms with Crippen molar-refractivity contribution < 1.29 is 19.2 Å². The first-order chi connectivity index (χ1) is 14.3. The van der Waals surface area contributed by atoms with E-state index in [1.54, 1.807) is 24.3 Å². The number of imide groups is 1. The second-order valence-corrected chi connectivity index (χ2v) is 8.93. The fourth-order valence-corrected chi connectivity index (χ4v) is 4.67. The summed E-state index contributed by atoms with van der Waals surface area (Å²) in [7, 11) is 0.